The van der Waals surface area contributed by atoms with Gasteiger partial charge >= 0.3 is 0 Å². The average Bonchev–Trinajstić information content (AvgIpc) is 2.30. The molecule has 110 valence electrons. The summed E-state index contributed by atoms with van der Waals surface area (Å²) in [5.41, 5.74) is 12.8. The maximum absolute atomic E-state index is 12.0. The molecule has 0 radical (unpaired) electrons. The van der Waals surface area contributed by atoms with E-state index >= 15 is 0 Å². The van der Waals surface area contributed by atoms with Crippen molar-refractivity contribution in [1.82, 2.24) is 0 Å². The van der Waals surface area contributed by atoms with Gasteiger partial charge < -0.3 is 16.8 Å². The Bertz CT molecular complexity index is 518. The molecule has 0 aliphatic heterocycles. The molecule has 0 fully saturated rings. The topological polar surface area (TPSA) is 98.2 Å². The number of nitrogens with two attached hydrogens (primary N) is 2. The van der Waals surface area contributed by atoms with Gasteiger partial charge in [0.15, 0.2) is 0 Å². The molecule has 1 atom stereocenters. The minimum absolute atomic E-state index is 0.137. The fraction of sp³-hybridized carbons (Fsp3) is 0.467. The predicted octanol–water partition coefficient (Wildman–Crippen LogP) is 1.80. The number of primary amides is 1. The van der Waals surface area contributed by atoms with Crippen LogP contribution in [0.2, 0.25) is 0 Å². The van der Waals surface area contributed by atoms with E-state index < -0.39 is 5.91 Å². The molecule has 0 heterocycles. The summed E-state index contributed by atoms with van der Waals surface area (Å²) in [6, 6.07) is 4.82. The quantitative estimate of drug-likeness (QED) is 0.782. The van der Waals surface area contributed by atoms with Gasteiger partial charge in [-0.1, -0.05) is 26.8 Å². The lowest BCUT2D eigenvalue weighted by Gasteiger charge is -2.26. The Hall–Kier alpha value is -1.88. The maximum atomic E-state index is 12.0. The SMILES string of the molecule is Cc1c(NC(=O)CC(N)C(C)(C)C)cccc1C(N)=O. The first-order chi connectivity index (χ1) is 9.12. The molecular weight excluding hydrogens is 254 g/mol. The highest BCUT2D eigenvalue weighted by molar-refractivity contribution is 5.98. The highest BCUT2D eigenvalue weighted by atomic mass is 16.2. The molecule has 1 aromatic carbocycles. The number of anilines is 1. The molecule has 5 heteroatoms. The van der Waals surface area contributed by atoms with Crippen molar-refractivity contribution >= 4 is 17.5 Å². The van der Waals surface area contributed by atoms with Crippen molar-refractivity contribution < 1.29 is 9.59 Å². The van der Waals surface area contributed by atoms with E-state index in [9.17, 15) is 9.59 Å². The first-order valence-corrected chi connectivity index (χ1v) is 6.57. The van der Waals surface area contributed by atoms with Crippen LogP contribution >= 0.6 is 0 Å². The Balaban J connectivity index is 2.82. The third-order valence-corrected chi connectivity index (χ3v) is 3.39. The van der Waals surface area contributed by atoms with Crippen LogP contribution in [0.3, 0.4) is 0 Å². The molecule has 20 heavy (non-hydrogen) atoms. The molecule has 0 aromatic heterocycles. The van der Waals surface area contributed by atoms with E-state index in [-0.39, 0.29) is 23.8 Å². The van der Waals surface area contributed by atoms with Gasteiger partial charge in [0.05, 0.1) is 0 Å². The Kier molecular flexibility index (Phi) is 4.89. The zero-order chi connectivity index (χ0) is 15.5. The molecule has 1 unspecified atom stereocenters. The molecule has 0 aliphatic rings. The Morgan fingerprint density at radius 1 is 1.30 bits per heavy atom. The van der Waals surface area contributed by atoms with Crippen molar-refractivity contribution in [1.29, 1.82) is 0 Å². The normalized spacial score (nSPS) is 12.8. The molecule has 5 N–H and O–H groups in total. The molecule has 0 bridgehead atoms. The van der Waals surface area contributed by atoms with E-state index in [2.05, 4.69) is 5.32 Å². The second kappa shape index (κ2) is 6.05. The Morgan fingerprint density at radius 2 is 1.90 bits per heavy atom. The minimum Gasteiger partial charge on any atom is -0.366 e. The van der Waals surface area contributed by atoms with Gasteiger partial charge in [0, 0.05) is 23.7 Å². The van der Waals surface area contributed by atoms with E-state index in [4.69, 9.17) is 11.5 Å². The molecule has 2 amide bonds. The summed E-state index contributed by atoms with van der Waals surface area (Å²) >= 11 is 0. The molecule has 0 saturated carbocycles. The van der Waals surface area contributed by atoms with E-state index in [1.807, 2.05) is 20.8 Å². The van der Waals surface area contributed by atoms with Gasteiger partial charge in [-0.2, -0.15) is 0 Å². The van der Waals surface area contributed by atoms with Crippen LogP contribution in [0.4, 0.5) is 5.69 Å². The molecule has 0 spiro atoms. The van der Waals surface area contributed by atoms with Crippen molar-refractivity contribution in [2.75, 3.05) is 5.32 Å². The summed E-state index contributed by atoms with van der Waals surface area (Å²) in [4.78, 5) is 23.3. The Morgan fingerprint density at radius 3 is 2.40 bits per heavy atom. The second-order valence-corrected chi connectivity index (χ2v) is 6.07. The van der Waals surface area contributed by atoms with E-state index in [0.717, 1.165) is 0 Å². The summed E-state index contributed by atoms with van der Waals surface area (Å²) < 4.78 is 0. The first kappa shape index (κ1) is 16.2. The lowest BCUT2D eigenvalue weighted by atomic mass is 9.85. The van der Waals surface area contributed by atoms with Crippen molar-refractivity contribution in [2.24, 2.45) is 16.9 Å². The van der Waals surface area contributed by atoms with Crippen LogP contribution < -0.4 is 16.8 Å². The average molecular weight is 277 g/mol. The molecule has 0 aliphatic carbocycles. The molecule has 5 nitrogen and oxygen atoms in total. The van der Waals surface area contributed by atoms with E-state index in [1.165, 1.54) is 0 Å². The van der Waals surface area contributed by atoms with Gasteiger partial charge in [-0.3, -0.25) is 9.59 Å². The number of amides is 2. The van der Waals surface area contributed by atoms with Gasteiger partial charge in [-0.25, -0.2) is 0 Å². The van der Waals surface area contributed by atoms with Crippen LogP contribution in [0.1, 0.15) is 43.1 Å². The number of nitrogens with one attached hydrogen (secondary N) is 1. The van der Waals surface area contributed by atoms with Crippen LogP contribution in [0, 0.1) is 12.3 Å². The maximum Gasteiger partial charge on any atom is 0.249 e. The Labute approximate surface area is 119 Å². The summed E-state index contributed by atoms with van der Waals surface area (Å²) in [5, 5.41) is 2.78. The number of hydrogen-bond donors (Lipinski definition) is 3. The zero-order valence-electron chi connectivity index (χ0n) is 12.5. The van der Waals surface area contributed by atoms with Gasteiger partial charge in [-0.05, 0) is 30.0 Å². The fourth-order valence-electron chi connectivity index (χ4n) is 1.75. The zero-order valence-corrected chi connectivity index (χ0v) is 12.5. The van der Waals surface area contributed by atoms with Crippen LogP contribution in [0.25, 0.3) is 0 Å². The number of benzene rings is 1. The summed E-state index contributed by atoms with van der Waals surface area (Å²) in [7, 11) is 0. The number of carbonyl (C=O) groups excluding carboxylic acids is 2. The summed E-state index contributed by atoms with van der Waals surface area (Å²) in [6.07, 6.45) is 0.226. The summed E-state index contributed by atoms with van der Waals surface area (Å²) in [6.45, 7) is 7.72. The smallest absolute Gasteiger partial charge is 0.249 e. The van der Waals surface area contributed by atoms with Crippen LogP contribution in [-0.4, -0.2) is 17.9 Å². The van der Waals surface area contributed by atoms with E-state index in [0.29, 0.717) is 16.8 Å². The van der Waals surface area contributed by atoms with Crippen LogP contribution in [0.5, 0.6) is 0 Å². The minimum atomic E-state index is -0.509. The van der Waals surface area contributed by atoms with Crippen molar-refractivity contribution in [2.45, 2.75) is 40.2 Å². The van der Waals surface area contributed by atoms with Crippen molar-refractivity contribution in [3.63, 3.8) is 0 Å². The number of carbonyl (C=O) groups is 2. The van der Waals surface area contributed by atoms with Crippen LogP contribution in [0.15, 0.2) is 18.2 Å². The molecule has 1 rings (SSSR count). The third kappa shape index (κ3) is 4.06. The van der Waals surface area contributed by atoms with Gasteiger partial charge in [-0.15, -0.1) is 0 Å². The molecular formula is C15H23N3O2. The highest BCUT2D eigenvalue weighted by Crippen LogP contribution is 2.22. The standard InChI is InChI=1S/C15H23N3O2/c1-9-10(14(17)20)6-5-7-11(9)18-13(19)8-12(16)15(2,3)4/h5-7,12H,8,16H2,1-4H3,(H2,17,20)(H,18,19). The van der Waals surface area contributed by atoms with Crippen molar-refractivity contribution in [3.05, 3.63) is 29.3 Å². The largest absolute Gasteiger partial charge is 0.366 e. The van der Waals surface area contributed by atoms with Gasteiger partial charge in [0.25, 0.3) is 0 Å². The summed E-state index contributed by atoms with van der Waals surface area (Å²) in [5.74, 6) is -0.679. The highest BCUT2D eigenvalue weighted by Gasteiger charge is 2.23. The van der Waals surface area contributed by atoms with Crippen LogP contribution in [-0.2, 0) is 4.79 Å². The molecule has 1 aromatic rings. The lowest BCUT2D eigenvalue weighted by Crippen LogP contribution is -2.38. The van der Waals surface area contributed by atoms with Gasteiger partial charge in [0.1, 0.15) is 0 Å². The number of rotatable bonds is 4. The van der Waals surface area contributed by atoms with Gasteiger partial charge in [0.2, 0.25) is 11.8 Å². The second-order valence-electron chi connectivity index (χ2n) is 6.07. The first-order valence-electron chi connectivity index (χ1n) is 6.57. The fourth-order valence-corrected chi connectivity index (χ4v) is 1.75. The monoisotopic (exact) mass is 277 g/mol. The number of hydrogen-bond acceptors (Lipinski definition) is 3. The molecule has 0 saturated heterocycles. The van der Waals surface area contributed by atoms with Crippen molar-refractivity contribution in [3.8, 4) is 0 Å². The predicted molar refractivity (Wildman–Crippen MR) is 80.4 cm³/mol. The lowest BCUT2D eigenvalue weighted by molar-refractivity contribution is -0.117. The van der Waals surface area contributed by atoms with E-state index in [1.54, 1.807) is 25.1 Å². The third-order valence-electron chi connectivity index (χ3n) is 3.39.